The number of hydrogen-bond donors (Lipinski definition) is 2. The number of amides is 2. The van der Waals surface area contributed by atoms with Crippen molar-refractivity contribution in [1.82, 2.24) is 10.9 Å². The van der Waals surface area contributed by atoms with E-state index >= 15 is 0 Å². The second-order valence-corrected chi connectivity index (χ2v) is 6.98. The Hall–Kier alpha value is -2.04. The molecule has 0 unspecified atom stereocenters. The standard InChI is InChI=1S/C22H36N2O3/c1-2-3-4-5-6-7-8-9-10-11-15-18-21(25)23-24-22(26)19-27-20-16-13-12-14-17-20/h12-14,16-17H,2-11,15,18-19H2,1H3,(H,23,25)(H,24,26). The van der Waals surface area contributed by atoms with Gasteiger partial charge in [0.05, 0.1) is 0 Å². The van der Waals surface area contributed by atoms with Crippen molar-refractivity contribution in [2.75, 3.05) is 6.61 Å². The van der Waals surface area contributed by atoms with E-state index in [4.69, 9.17) is 4.74 Å². The molecule has 1 aromatic rings. The minimum atomic E-state index is -0.369. The molecule has 0 aliphatic heterocycles. The van der Waals surface area contributed by atoms with Crippen LogP contribution in [0.25, 0.3) is 0 Å². The first kappa shape index (κ1) is 23.0. The van der Waals surface area contributed by atoms with E-state index in [0.29, 0.717) is 12.2 Å². The zero-order valence-corrected chi connectivity index (χ0v) is 16.8. The van der Waals surface area contributed by atoms with Crippen molar-refractivity contribution in [3.8, 4) is 5.75 Å². The molecule has 27 heavy (non-hydrogen) atoms. The summed E-state index contributed by atoms with van der Waals surface area (Å²) >= 11 is 0. The lowest BCUT2D eigenvalue weighted by atomic mass is 10.1. The summed E-state index contributed by atoms with van der Waals surface area (Å²) in [6, 6.07) is 9.10. The molecule has 0 saturated carbocycles. The molecule has 5 heteroatoms. The third kappa shape index (κ3) is 13.8. The average molecular weight is 377 g/mol. The molecule has 0 aromatic heterocycles. The van der Waals surface area contributed by atoms with Crippen LogP contribution in [0.2, 0.25) is 0 Å². The molecule has 0 aliphatic carbocycles. The number of hydrazine groups is 1. The fraction of sp³-hybridized carbons (Fsp3) is 0.636. The highest BCUT2D eigenvalue weighted by Gasteiger charge is 2.05. The van der Waals surface area contributed by atoms with Crippen LogP contribution < -0.4 is 15.6 Å². The van der Waals surface area contributed by atoms with Crippen molar-refractivity contribution in [3.63, 3.8) is 0 Å². The van der Waals surface area contributed by atoms with Gasteiger partial charge in [-0.15, -0.1) is 0 Å². The summed E-state index contributed by atoms with van der Waals surface area (Å²) in [5, 5.41) is 0. The van der Waals surface area contributed by atoms with Crippen LogP contribution >= 0.6 is 0 Å². The van der Waals surface area contributed by atoms with Gasteiger partial charge in [-0.2, -0.15) is 0 Å². The molecule has 0 spiro atoms. The van der Waals surface area contributed by atoms with E-state index < -0.39 is 0 Å². The van der Waals surface area contributed by atoms with Crippen molar-refractivity contribution >= 4 is 11.8 Å². The highest BCUT2D eigenvalue weighted by molar-refractivity contribution is 5.82. The van der Waals surface area contributed by atoms with E-state index in [1.54, 1.807) is 12.1 Å². The number of ether oxygens (including phenoxy) is 1. The van der Waals surface area contributed by atoms with E-state index in [2.05, 4.69) is 17.8 Å². The van der Waals surface area contributed by atoms with Crippen LogP contribution in [0, 0.1) is 0 Å². The minimum absolute atomic E-state index is 0.122. The first-order valence-corrected chi connectivity index (χ1v) is 10.5. The van der Waals surface area contributed by atoms with E-state index in [1.165, 1.54) is 57.8 Å². The van der Waals surface area contributed by atoms with Gasteiger partial charge in [-0.25, -0.2) is 0 Å². The Bertz CT molecular complexity index is 506. The average Bonchev–Trinajstić information content (AvgIpc) is 2.69. The molecule has 0 atom stereocenters. The SMILES string of the molecule is CCCCCCCCCCCCCC(=O)NNC(=O)COc1ccccc1. The highest BCUT2D eigenvalue weighted by atomic mass is 16.5. The molecular formula is C22H36N2O3. The van der Waals surface area contributed by atoms with Gasteiger partial charge in [0.2, 0.25) is 5.91 Å². The predicted octanol–water partition coefficient (Wildman–Crippen LogP) is 4.91. The molecule has 0 aliphatic rings. The molecule has 1 aromatic carbocycles. The van der Waals surface area contributed by atoms with Crippen LogP contribution in [0.5, 0.6) is 5.75 Å². The van der Waals surface area contributed by atoms with Gasteiger partial charge in [0.15, 0.2) is 6.61 Å². The number of nitrogens with one attached hydrogen (secondary N) is 2. The maximum absolute atomic E-state index is 11.7. The lowest BCUT2D eigenvalue weighted by molar-refractivity contribution is -0.130. The van der Waals surface area contributed by atoms with Crippen LogP contribution in [0.1, 0.15) is 84.0 Å². The maximum Gasteiger partial charge on any atom is 0.276 e. The van der Waals surface area contributed by atoms with E-state index in [0.717, 1.165) is 12.8 Å². The van der Waals surface area contributed by atoms with Crippen LogP contribution in [0.4, 0.5) is 0 Å². The van der Waals surface area contributed by atoms with Crippen molar-refractivity contribution in [3.05, 3.63) is 30.3 Å². The molecule has 0 bridgehead atoms. The van der Waals surface area contributed by atoms with Crippen LogP contribution in [0.15, 0.2) is 30.3 Å². The zero-order valence-electron chi connectivity index (χ0n) is 16.8. The first-order valence-electron chi connectivity index (χ1n) is 10.5. The van der Waals surface area contributed by atoms with E-state index in [1.807, 2.05) is 18.2 Å². The summed E-state index contributed by atoms with van der Waals surface area (Å²) < 4.78 is 5.31. The Morgan fingerprint density at radius 3 is 1.85 bits per heavy atom. The molecule has 1 rings (SSSR count). The van der Waals surface area contributed by atoms with Gasteiger partial charge < -0.3 is 4.74 Å². The molecule has 0 saturated heterocycles. The number of carbonyl (C=O) groups is 2. The fourth-order valence-electron chi connectivity index (χ4n) is 2.85. The molecular weight excluding hydrogens is 340 g/mol. The number of rotatable bonds is 15. The van der Waals surface area contributed by atoms with Crippen molar-refractivity contribution in [2.24, 2.45) is 0 Å². The fourth-order valence-corrected chi connectivity index (χ4v) is 2.85. The second kappa shape index (κ2) is 16.2. The normalized spacial score (nSPS) is 10.4. The van der Waals surface area contributed by atoms with Crippen LogP contribution in [0.3, 0.4) is 0 Å². The summed E-state index contributed by atoms with van der Waals surface area (Å²) in [5.74, 6) is 0.102. The topological polar surface area (TPSA) is 67.4 Å². The third-order valence-electron chi connectivity index (χ3n) is 4.46. The highest BCUT2D eigenvalue weighted by Crippen LogP contribution is 2.12. The summed E-state index contributed by atoms with van der Waals surface area (Å²) in [4.78, 5) is 23.3. The number of benzene rings is 1. The van der Waals surface area contributed by atoms with E-state index in [-0.39, 0.29) is 18.4 Å². The number of hydrogen-bond acceptors (Lipinski definition) is 3. The molecule has 0 radical (unpaired) electrons. The smallest absolute Gasteiger partial charge is 0.276 e. The van der Waals surface area contributed by atoms with Gasteiger partial charge >= 0.3 is 0 Å². The Morgan fingerprint density at radius 2 is 1.26 bits per heavy atom. The predicted molar refractivity (Wildman–Crippen MR) is 109 cm³/mol. The Morgan fingerprint density at radius 1 is 0.741 bits per heavy atom. The van der Waals surface area contributed by atoms with Gasteiger partial charge in [-0.1, -0.05) is 89.3 Å². The van der Waals surface area contributed by atoms with Crippen molar-refractivity contribution in [1.29, 1.82) is 0 Å². The molecule has 2 N–H and O–H groups in total. The van der Waals surface area contributed by atoms with Crippen molar-refractivity contribution < 1.29 is 14.3 Å². The minimum Gasteiger partial charge on any atom is -0.484 e. The van der Waals surface area contributed by atoms with Gasteiger partial charge in [-0.3, -0.25) is 20.4 Å². The lowest BCUT2D eigenvalue weighted by Gasteiger charge is -2.08. The summed E-state index contributed by atoms with van der Waals surface area (Å²) in [7, 11) is 0. The van der Waals surface area contributed by atoms with Gasteiger partial charge in [0.25, 0.3) is 5.91 Å². The number of carbonyl (C=O) groups excluding carboxylic acids is 2. The summed E-state index contributed by atoms with van der Waals surface area (Å²) in [6.45, 7) is 2.12. The molecule has 5 nitrogen and oxygen atoms in total. The van der Waals surface area contributed by atoms with Gasteiger partial charge in [-0.05, 0) is 18.6 Å². The Kier molecular flexibility index (Phi) is 13.8. The second-order valence-electron chi connectivity index (χ2n) is 6.98. The summed E-state index contributed by atoms with van der Waals surface area (Å²) in [5.41, 5.74) is 4.81. The molecule has 0 fully saturated rings. The first-order chi connectivity index (χ1) is 13.2. The Balaban J connectivity index is 1.89. The van der Waals surface area contributed by atoms with E-state index in [9.17, 15) is 9.59 Å². The van der Waals surface area contributed by atoms with Gasteiger partial charge in [0.1, 0.15) is 5.75 Å². The number of unbranched alkanes of at least 4 members (excludes halogenated alkanes) is 10. The number of para-hydroxylation sites is 1. The van der Waals surface area contributed by atoms with Crippen LogP contribution in [-0.4, -0.2) is 18.4 Å². The zero-order chi connectivity index (χ0) is 19.6. The monoisotopic (exact) mass is 376 g/mol. The quantitative estimate of drug-likeness (QED) is 0.337. The third-order valence-corrected chi connectivity index (χ3v) is 4.46. The summed E-state index contributed by atoms with van der Waals surface area (Å²) in [6.07, 6.45) is 14.2. The molecule has 0 heterocycles. The lowest BCUT2D eigenvalue weighted by Crippen LogP contribution is -2.43. The molecule has 152 valence electrons. The van der Waals surface area contributed by atoms with Crippen molar-refractivity contribution in [2.45, 2.75) is 84.0 Å². The Labute approximate surface area is 164 Å². The largest absolute Gasteiger partial charge is 0.484 e. The molecule has 2 amide bonds. The maximum atomic E-state index is 11.7. The van der Waals surface area contributed by atoms with Gasteiger partial charge in [0, 0.05) is 6.42 Å². The van der Waals surface area contributed by atoms with Crippen LogP contribution in [-0.2, 0) is 9.59 Å².